The molecule has 1 fully saturated rings. The Labute approximate surface area is 143 Å². The summed E-state index contributed by atoms with van der Waals surface area (Å²) in [5, 5.41) is 0.0974. The van der Waals surface area contributed by atoms with Crippen molar-refractivity contribution < 1.29 is 13.2 Å². The molecule has 1 saturated heterocycles. The number of nitrogens with zero attached hydrogens (tertiary/aromatic N) is 3. The van der Waals surface area contributed by atoms with Gasteiger partial charge in [-0.1, -0.05) is 30.3 Å². The molecule has 0 unspecified atom stereocenters. The van der Waals surface area contributed by atoms with Crippen LogP contribution in [0.25, 0.3) is 0 Å². The molecule has 0 saturated carbocycles. The van der Waals surface area contributed by atoms with Gasteiger partial charge in [-0.3, -0.25) is 0 Å². The second-order valence-electron chi connectivity index (χ2n) is 6.03. The lowest BCUT2D eigenvalue weighted by molar-refractivity contribution is 0.0457. The monoisotopic (exact) mass is 349 g/mol. The van der Waals surface area contributed by atoms with Gasteiger partial charge in [0.05, 0.1) is 18.5 Å². The molecule has 1 aliphatic rings. The Hall–Kier alpha value is -1.70. The largest absolute Gasteiger partial charge is 0.377 e. The lowest BCUT2D eigenvalue weighted by Gasteiger charge is -2.27. The summed E-state index contributed by atoms with van der Waals surface area (Å²) in [6.45, 7) is 2.98. The highest BCUT2D eigenvalue weighted by molar-refractivity contribution is 7.89. The van der Waals surface area contributed by atoms with E-state index < -0.39 is 10.0 Å². The van der Waals surface area contributed by atoms with Gasteiger partial charge in [0.15, 0.2) is 5.03 Å². The molecule has 0 radical (unpaired) electrons. The van der Waals surface area contributed by atoms with Crippen LogP contribution in [-0.4, -0.2) is 47.6 Å². The van der Waals surface area contributed by atoms with Crippen LogP contribution in [0.5, 0.6) is 0 Å². The molecule has 7 heteroatoms. The van der Waals surface area contributed by atoms with E-state index in [-0.39, 0.29) is 17.2 Å². The van der Waals surface area contributed by atoms with Crippen LogP contribution in [0.4, 0.5) is 0 Å². The minimum Gasteiger partial charge on any atom is -0.377 e. The zero-order chi connectivity index (χ0) is 17.2. The standard InChI is InChI=1S/C17H23N3O3S/c1-3-23-16-9-10-20(15(16)11-14-7-5-4-6-8-14)24(21,22)17-12-19(2)13-18-17/h4-8,12-13,15-16H,3,9-11H2,1-2H3/t15-,16-/m0/s1. The van der Waals surface area contributed by atoms with Gasteiger partial charge < -0.3 is 9.30 Å². The van der Waals surface area contributed by atoms with Crippen LogP contribution in [0.2, 0.25) is 0 Å². The third-order valence-electron chi connectivity index (χ3n) is 4.36. The molecule has 2 heterocycles. The van der Waals surface area contributed by atoms with Crippen molar-refractivity contribution >= 4 is 10.0 Å². The van der Waals surface area contributed by atoms with Gasteiger partial charge in [0.1, 0.15) is 0 Å². The molecule has 0 spiro atoms. The van der Waals surface area contributed by atoms with Crippen LogP contribution in [0.15, 0.2) is 47.9 Å². The minimum absolute atomic E-state index is 0.0892. The van der Waals surface area contributed by atoms with Gasteiger partial charge in [-0.15, -0.1) is 0 Å². The van der Waals surface area contributed by atoms with Gasteiger partial charge in [-0.25, -0.2) is 13.4 Å². The molecule has 2 atom stereocenters. The normalized spacial score (nSPS) is 22.1. The van der Waals surface area contributed by atoms with Gasteiger partial charge in [0.25, 0.3) is 10.0 Å². The molecule has 6 nitrogen and oxygen atoms in total. The molecule has 1 aliphatic heterocycles. The van der Waals surface area contributed by atoms with Gasteiger partial charge >= 0.3 is 0 Å². The first-order chi connectivity index (χ1) is 11.5. The zero-order valence-electron chi connectivity index (χ0n) is 14.0. The first-order valence-electron chi connectivity index (χ1n) is 8.17. The number of hydrogen-bond donors (Lipinski definition) is 0. The summed E-state index contributed by atoms with van der Waals surface area (Å²) in [6.07, 6.45) is 4.31. The van der Waals surface area contributed by atoms with Crippen LogP contribution in [0.1, 0.15) is 18.9 Å². The molecule has 0 N–H and O–H groups in total. The quantitative estimate of drug-likeness (QED) is 0.798. The number of hydrogen-bond acceptors (Lipinski definition) is 4. The average molecular weight is 349 g/mol. The molecule has 3 rings (SSSR count). The fourth-order valence-corrected chi connectivity index (χ4v) is 4.87. The first kappa shape index (κ1) is 17.1. The number of aromatic nitrogens is 2. The molecule has 1 aromatic carbocycles. The van der Waals surface area contributed by atoms with Crippen LogP contribution < -0.4 is 0 Å². The number of ether oxygens (including phenoxy) is 1. The van der Waals surface area contributed by atoms with Crippen molar-refractivity contribution in [2.24, 2.45) is 7.05 Å². The van der Waals surface area contributed by atoms with E-state index in [4.69, 9.17) is 4.74 Å². The van der Waals surface area contributed by atoms with Crippen LogP contribution in [-0.2, 0) is 28.2 Å². The summed E-state index contributed by atoms with van der Waals surface area (Å²) >= 11 is 0. The summed E-state index contributed by atoms with van der Waals surface area (Å²) in [5.41, 5.74) is 1.11. The van der Waals surface area contributed by atoms with E-state index in [0.29, 0.717) is 26.0 Å². The molecule has 0 amide bonds. The molecule has 130 valence electrons. The van der Waals surface area contributed by atoms with E-state index in [2.05, 4.69) is 4.98 Å². The van der Waals surface area contributed by atoms with Crippen molar-refractivity contribution in [1.29, 1.82) is 0 Å². The first-order valence-corrected chi connectivity index (χ1v) is 9.61. The summed E-state index contributed by atoms with van der Waals surface area (Å²) in [6, 6.07) is 9.73. The van der Waals surface area contributed by atoms with E-state index in [0.717, 1.165) is 5.56 Å². The topological polar surface area (TPSA) is 64.4 Å². The van der Waals surface area contributed by atoms with Gasteiger partial charge in [0, 0.05) is 26.4 Å². The Balaban J connectivity index is 1.90. The molecule has 0 bridgehead atoms. The van der Waals surface area contributed by atoms with Crippen molar-refractivity contribution in [3.05, 3.63) is 48.4 Å². The fraction of sp³-hybridized carbons (Fsp3) is 0.471. The Morgan fingerprint density at radius 2 is 2.04 bits per heavy atom. The second-order valence-corrected chi connectivity index (χ2v) is 7.87. The highest BCUT2D eigenvalue weighted by Crippen LogP contribution is 2.29. The summed E-state index contributed by atoms with van der Waals surface area (Å²) in [7, 11) is -1.85. The van der Waals surface area contributed by atoms with E-state index in [1.165, 1.54) is 6.33 Å². The Kier molecular flexibility index (Phi) is 5.03. The predicted octanol–water partition coefficient (Wildman–Crippen LogP) is 1.83. The maximum absolute atomic E-state index is 13.0. The zero-order valence-corrected chi connectivity index (χ0v) is 14.8. The van der Waals surface area contributed by atoms with Crippen molar-refractivity contribution in [2.75, 3.05) is 13.2 Å². The van der Waals surface area contributed by atoms with E-state index in [1.54, 1.807) is 22.1 Å². The van der Waals surface area contributed by atoms with E-state index in [9.17, 15) is 8.42 Å². The number of imidazole rings is 1. The lowest BCUT2D eigenvalue weighted by Crippen LogP contribution is -2.42. The number of aryl methyl sites for hydroxylation is 1. The van der Waals surface area contributed by atoms with Crippen molar-refractivity contribution in [2.45, 2.75) is 36.9 Å². The Bertz CT molecular complexity index is 773. The number of benzene rings is 1. The highest BCUT2D eigenvalue weighted by atomic mass is 32.2. The second kappa shape index (κ2) is 7.04. The summed E-state index contributed by atoms with van der Waals surface area (Å²) in [5.74, 6) is 0. The summed E-state index contributed by atoms with van der Waals surface area (Å²) < 4.78 is 35.0. The summed E-state index contributed by atoms with van der Waals surface area (Å²) in [4.78, 5) is 4.04. The third kappa shape index (κ3) is 3.38. The van der Waals surface area contributed by atoms with Crippen molar-refractivity contribution in [3.8, 4) is 0 Å². The number of sulfonamides is 1. The van der Waals surface area contributed by atoms with Crippen LogP contribution in [0.3, 0.4) is 0 Å². The van der Waals surface area contributed by atoms with Crippen molar-refractivity contribution in [1.82, 2.24) is 13.9 Å². The fourth-order valence-electron chi connectivity index (χ4n) is 3.24. The smallest absolute Gasteiger partial charge is 0.262 e. The van der Waals surface area contributed by atoms with Gasteiger partial charge in [-0.05, 0) is 25.3 Å². The maximum Gasteiger partial charge on any atom is 0.262 e. The molecule has 0 aliphatic carbocycles. The van der Waals surface area contributed by atoms with E-state index >= 15 is 0 Å². The molecule has 2 aromatic rings. The Morgan fingerprint density at radius 1 is 1.29 bits per heavy atom. The van der Waals surface area contributed by atoms with Crippen LogP contribution >= 0.6 is 0 Å². The van der Waals surface area contributed by atoms with Gasteiger partial charge in [-0.2, -0.15) is 4.31 Å². The average Bonchev–Trinajstić information content (AvgIpc) is 3.17. The van der Waals surface area contributed by atoms with Crippen molar-refractivity contribution in [3.63, 3.8) is 0 Å². The number of rotatable bonds is 6. The Morgan fingerprint density at radius 3 is 2.67 bits per heavy atom. The van der Waals surface area contributed by atoms with Crippen LogP contribution in [0, 0.1) is 0 Å². The minimum atomic E-state index is -3.62. The predicted molar refractivity (Wildman–Crippen MR) is 91.1 cm³/mol. The molecule has 1 aromatic heterocycles. The highest BCUT2D eigenvalue weighted by Gasteiger charge is 2.42. The maximum atomic E-state index is 13.0. The van der Waals surface area contributed by atoms with Gasteiger partial charge in [0.2, 0.25) is 0 Å². The molecular weight excluding hydrogens is 326 g/mol. The van der Waals surface area contributed by atoms with E-state index in [1.807, 2.05) is 37.3 Å². The SMILES string of the molecule is CCO[C@H]1CCN(S(=O)(=O)c2cn(C)cn2)[C@H]1Cc1ccccc1. The molecular formula is C17H23N3O3S. The lowest BCUT2D eigenvalue weighted by atomic mass is 10.0. The third-order valence-corrected chi connectivity index (χ3v) is 6.17. The molecule has 24 heavy (non-hydrogen) atoms.